The second-order valence-corrected chi connectivity index (χ2v) is 7.26. The first-order valence-corrected chi connectivity index (χ1v) is 9.97. The summed E-state index contributed by atoms with van der Waals surface area (Å²) in [4.78, 5) is 4.55. The third kappa shape index (κ3) is 4.53. The summed E-state index contributed by atoms with van der Waals surface area (Å²) in [5.74, 6) is 1.45. The van der Waals surface area contributed by atoms with Gasteiger partial charge in [-0.1, -0.05) is 30.3 Å². The lowest BCUT2D eigenvalue weighted by Crippen LogP contribution is -1.99. The molecule has 3 rings (SSSR count). The van der Waals surface area contributed by atoms with Gasteiger partial charge in [0.05, 0.1) is 29.2 Å². The third-order valence-electron chi connectivity index (χ3n) is 3.49. The number of ether oxygens (including phenoxy) is 2. The van der Waals surface area contributed by atoms with E-state index >= 15 is 0 Å². The molecule has 0 fully saturated rings. The monoisotopic (exact) mass is 479 g/mol. The fraction of sp³-hybridized carbons (Fsp3) is 0.158. The second-order valence-electron chi connectivity index (χ2n) is 5.24. The topological polar surface area (TPSA) is 55.7 Å². The van der Waals surface area contributed by atoms with Gasteiger partial charge >= 0.3 is 0 Å². The van der Waals surface area contributed by atoms with Gasteiger partial charge in [-0.25, -0.2) is 4.98 Å². The number of hydrogen-bond acceptors (Lipinski definition) is 6. The van der Waals surface area contributed by atoms with Crippen LogP contribution in [0.15, 0.2) is 52.9 Å². The van der Waals surface area contributed by atoms with E-state index in [9.17, 15) is 0 Å². The maximum absolute atomic E-state index is 5.63. The predicted octanol–water partition coefficient (Wildman–Crippen LogP) is 5.27. The van der Waals surface area contributed by atoms with Gasteiger partial charge in [-0.05, 0) is 47.2 Å². The second kappa shape index (κ2) is 9.00. The molecular weight excluding hydrogens is 461 g/mol. The van der Waals surface area contributed by atoms with Crippen molar-refractivity contribution in [1.29, 1.82) is 0 Å². The molecule has 5 nitrogen and oxygen atoms in total. The van der Waals surface area contributed by atoms with Crippen LogP contribution in [-0.2, 0) is 0 Å². The van der Waals surface area contributed by atoms with E-state index in [1.54, 1.807) is 13.3 Å². The Balaban J connectivity index is 1.71. The molecule has 0 aliphatic carbocycles. The molecule has 0 saturated heterocycles. The van der Waals surface area contributed by atoms with E-state index in [0.717, 1.165) is 31.3 Å². The Hall–Kier alpha value is -2.13. The number of aromatic nitrogens is 1. The van der Waals surface area contributed by atoms with Gasteiger partial charge < -0.3 is 9.47 Å². The van der Waals surface area contributed by atoms with Crippen molar-refractivity contribution < 1.29 is 9.47 Å². The standard InChI is InChI=1S/C19H18IN3O2S/c1-3-25-18-15(20)9-13(10-17(18)24-2)11-21-23-19-22-16(12-26-19)14-7-5-4-6-8-14/h4-12H,3H2,1-2H3,(H,22,23). The smallest absolute Gasteiger partial charge is 0.203 e. The first kappa shape index (κ1) is 18.7. The van der Waals surface area contributed by atoms with Crippen LogP contribution in [0.3, 0.4) is 0 Å². The summed E-state index contributed by atoms with van der Waals surface area (Å²) in [5, 5.41) is 7.04. The number of nitrogens with zero attached hydrogens (tertiary/aromatic N) is 2. The summed E-state index contributed by atoms with van der Waals surface area (Å²) in [5.41, 5.74) is 5.93. The summed E-state index contributed by atoms with van der Waals surface area (Å²) >= 11 is 3.75. The van der Waals surface area contributed by atoms with Crippen molar-refractivity contribution in [3.63, 3.8) is 0 Å². The number of methoxy groups -OCH3 is 1. The molecule has 0 atom stereocenters. The number of benzene rings is 2. The van der Waals surface area contributed by atoms with Gasteiger partial charge in [-0.2, -0.15) is 5.10 Å². The molecule has 134 valence electrons. The molecule has 0 spiro atoms. The van der Waals surface area contributed by atoms with Crippen LogP contribution in [0.4, 0.5) is 5.13 Å². The van der Waals surface area contributed by atoms with Crippen molar-refractivity contribution in [2.45, 2.75) is 6.92 Å². The molecule has 7 heteroatoms. The van der Waals surface area contributed by atoms with Crippen LogP contribution in [-0.4, -0.2) is 24.9 Å². The van der Waals surface area contributed by atoms with Gasteiger partial charge in [0, 0.05) is 10.9 Å². The van der Waals surface area contributed by atoms with E-state index < -0.39 is 0 Å². The fourth-order valence-corrected chi connectivity index (χ4v) is 3.78. The van der Waals surface area contributed by atoms with Crippen LogP contribution < -0.4 is 14.9 Å². The Morgan fingerprint density at radius 1 is 1.27 bits per heavy atom. The van der Waals surface area contributed by atoms with Crippen molar-refractivity contribution in [1.82, 2.24) is 4.98 Å². The Labute approximate surface area is 170 Å². The average molecular weight is 479 g/mol. The first-order chi connectivity index (χ1) is 12.7. The van der Waals surface area contributed by atoms with Crippen LogP contribution in [0.25, 0.3) is 11.3 Å². The van der Waals surface area contributed by atoms with Gasteiger partial charge in [0.15, 0.2) is 11.5 Å². The van der Waals surface area contributed by atoms with E-state index in [1.165, 1.54) is 11.3 Å². The van der Waals surface area contributed by atoms with Crippen molar-refractivity contribution in [3.8, 4) is 22.8 Å². The zero-order valence-corrected chi connectivity index (χ0v) is 17.4. The van der Waals surface area contributed by atoms with Gasteiger partial charge in [0.2, 0.25) is 5.13 Å². The van der Waals surface area contributed by atoms with Crippen molar-refractivity contribution >= 4 is 45.3 Å². The van der Waals surface area contributed by atoms with Crippen molar-refractivity contribution in [2.75, 3.05) is 19.1 Å². The zero-order chi connectivity index (χ0) is 18.4. The van der Waals surface area contributed by atoms with E-state index in [1.807, 2.05) is 54.8 Å². The minimum absolute atomic E-state index is 0.592. The molecule has 0 amide bonds. The van der Waals surface area contributed by atoms with Gasteiger partial charge in [-0.15, -0.1) is 11.3 Å². The van der Waals surface area contributed by atoms with Crippen LogP contribution >= 0.6 is 33.9 Å². The number of rotatable bonds is 7. The van der Waals surface area contributed by atoms with E-state index in [4.69, 9.17) is 9.47 Å². The summed E-state index contributed by atoms with van der Waals surface area (Å²) in [7, 11) is 1.63. The van der Waals surface area contributed by atoms with Crippen LogP contribution in [0.5, 0.6) is 11.5 Å². The molecule has 0 bridgehead atoms. The average Bonchev–Trinajstić information content (AvgIpc) is 3.13. The summed E-state index contributed by atoms with van der Waals surface area (Å²) in [6.45, 7) is 2.54. The molecule has 1 N–H and O–H groups in total. The van der Waals surface area contributed by atoms with E-state index in [-0.39, 0.29) is 0 Å². The number of hydrazone groups is 1. The Morgan fingerprint density at radius 3 is 2.81 bits per heavy atom. The SMILES string of the molecule is CCOc1c(I)cc(C=NNc2nc(-c3ccccc3)cs2)cc1OC. The number of thiazole rings is 1. The lowest BCUT2D eigenvalue weighted by Gasteiger charge is -2.11. The van der Waals surface area contributed by atoms with Crippen LogP contribution in [0.2, 0.25) is 0 Å². The molecule has 0 saturated carbocycles. The molecule has 0 aliphatic rings. The highest BCUT2D eigenvalue weighted by atomic mass is 127. The molecule has 1 heterocycles. The highest BCUT2D eigenvalue weighted by molar-refractivity contribution is 14.1. The number of anilines is 1. The minimum atomic E-state index is 0.592. The maximum Gasteiger partial charge on any atom is 0.203 e. The number of nitrogens with one attached hydrogen (secondary N) is 1. The van der Waals surface area contributed by atoms with Crippen LogP contribution in [0.1, 0.15) is 12.5 Å². The highest BCUT2D eigenvalue weighted by Crippen LogP contribution is 2.33. The lowest BCUT2D eigenvalue weighted by molar-refractivity contribution is 0.308. The predicted molar refractivity (Wildman–Crippen MR) is 116 cm³/mol. The summed E-state index contributed by atoms with van der Waals surface area (Å²) in [6.07, 6.45) is 1.74. The van der Waals surface area contributed by atoms with Gasteiger partial charge in [0.25, 0.3) is 0 Å². The van der Waals surface area contributed by atoms with Gasteiger partial charge in [0.1, 0.15) is 0 Å². The molecule has 0 aliphatic heterocycles. The zero-order valence-electron chi connectivity index (χ0n) is 14.4. The Morgan fingerprint density at radius 2 is 2.08 bits per heavy atom. The first-order valence-electron chi connectivity index (χ1n) is 8.01. The molecule has 0 radical (unpaired) electrons. The molecule has 3 aromatic rings. The highest BCUT2D eigenvalue weighted by Gasteiger charge is 2.10. The lowest BCUT2D eigenvalue weighted by atomic mass is 10.2. The Kier molecular flexibility index (Phi) is 6.45. The summed E-state index contributed by atoms with van der Waals surface area (Å²) in [6, 6.07) is 14.0. The molecule has 2 aromatic carbocycles. The number of hydrogen-bond donors (Lipinski definition) is 1. The van der Waals surface area contributed by atoms with Crippen LogP contribution in [0, 0.1) is 3.57 Å². The third-order valence-corrected chi connectivity index (χ3v) is 5.04. The van der Waals surface area contributed by atoms with Crippen molar-refractivity contribution in [2.24, 2.45) is 5.10 Å². The van der Waals surface area contributed by atoms with E-state index in [2.05, 4.69) is 38.1 Å². The minimum Gasteiger partial charge on any atom is -0.493 e. The fourth-order valence-electron chi connectivity index (χ4n) is 2.33. The molecular formula is C19H18IN3O2S. The number of halogens is 1. The molecule has 0 unspecified atom stereocenters. The van der Waals surface area contributed by atoms with Gasteiger partial charge in [-0.3, -0.25) is 5.43 Å². The van der Waals surface area contributed by atoms with Crippen molar-refractivity contribution in [3.05, 3.63) is 57.0 Å². The molecule has 26 heavy (non-hydrogen) atoms. The summed E-state index contributed by atoms with van der Waals surface area (Å²) < 4.78 is 12.0. The van der Waals surface area contributed by atoms with E-state index in [0.29, 0.717) is 12.4 Å². The quantitative estimate of drug-likeness (QED) is 0.285. The normalized spacial score (nSPS) is 10.9. The Bertz CT molecular complexity index is 897. The largest absolute Gasteiger partial charge is 0.493 e. The maximum atomic E-state index is 5.63. The molecule has 1 aromatic heterocycles.